The fourth-order valence-corrected chi connectivity index (χ4v) is 4.73. The van der Waals surface area contributed by atoms with Crippen molar-refractivity contribution in [3.63, 3.8) is 0 Å². The number of aryl methyl sites for hydroxylation is 1. The first kappa shape index (κ1) is 25.1. The molecule has 0 radical (unpaired) electrons. The molecule has 1 saturated heterocycles. The summed E-state index contributed by atoms with van der Waals surface area (Å²) in [7, 11) is -3.89. The Balaban J connectivity index is 1.34. The van der Waals surface area contributed by atoms with E-state index in [2.05, 4.69) is 33.9 Å². The number of nitrogens with one attached hydrogen (secondary N) is 2. The molecule has 0 bridgehead atoms. The zero-order valence-electron chi connectivity index (χ0n) is 20.3. The summed E-state index contributed by atoms with van der Waals surface area (Å²) in [6.45, 7) is 6.78. The van der Waals surface area contributed by atoms with Crippen LogP contribution in [0.2, 0.25) is 0 Å². The summed E-state index contributed by atoms with van der Waals surface area (Å²) in [6, 6.07) is 15.0. The van der Waals surface area contributed by atoms with E-state index in [0.29, 0.717) is 30.4 Å². The Hall–Kier alpha value is -3.99. The van der Waals surface area contributed by atoms with Gasteiger partial charge in [-0.05, 0) is 60.9 Å². The number of benzene rings is 2. The molecular formula is C25H28N6O4S. The van der Waals surface area contributed by atoms with E-state index in [1.165, 1.54) is 40.9 Å². The fourth-order valence-electron chi connectivity index (χ4n) is 3.78. The van der Waals surface area contributed by atoms with E-state index in [9.17, 15) is 18.0 Å². The van der Waals surface area contributed by atoms with Crippen LogP contribution in [0.4, 0.5) is 22.1 Å². The van der Waals surface area contributed by atoms with E-state index >= 15 is 0 Å². The quantitative estimate of drug-likeness (QED) is 0.479. The standard InChI is InChI=1S/C25H28N6O4S/c1-17(2)19-4-8-21(9-5-19)31-15-14-30(25(31)33)16-23(32)28-20-6-10-22(11-7-20)36(34,35)29-24-26-13-12-18(3)27-24/h4-13,17H,14-16H2,1-3H3,(H,28,32)(H,26,27,29). The number of hydrogen-bond acceptors (Lipinski definition) is 6. The molecule has 2 N–H and O–H groups in total. The molecule has 1 aromatic heterocycles. The SMILES string of the molecule is Cc1ccnc(NS(=O)(=O)c2ccc(NC(=O)CN3CCN(c4ccc(C(C)C)cc4)C3=O)cc2)n1. The number of nitrogens with zero attached hydrogens (tertiary/aromatic N) is 4. The van der Waals surface area contributed by atoms with Crippen molar-refractivity contribution >= 4 is 39.3 Å². The van der Waals surface area contributed by atoms with E-state index in [1.807, 2.05) is 24.3 Å². The normalized spacial score (nSPS) is 13.8. The van der Waals surface area contributed by atoms with Crippen molar-refractivity contribution in [3.05, 3.63) is 72.1 Å². The number of urea groups is 1. The van der Waals surface area contributed by atoms with Gasteiger partial charge in [0.15, 0.2) is 0 Å². The van der Waals surface area contributed by atoms with Crippen LogP contribution in [-0.2, 0) is 14.8 Å². The van der Waals surface area contributed by atoms with Crippen LogP contribution in [0, 0.1) is 6.92 Å². The number of sulfonamides is 1. The van der Waals surface area contributed by atoms with Crippen molar-refractivity contribution in [2.75, 3.05) is 34.6 Å². The highest BCUT2D eigenvalue weighted by Crippen LogP contribution is 2.24. The third kappa shape index (κ3) is 5.80. The number of rotatable bonds is 8. The van der Waals surface area contributed by atoms with Gasteiger partial charge in [-0.25, -0.2) is 27.9 Å². The molecular weight excluding hydrogens is 480 g/mol. The zero-order chi connectivity index (χ0) is 25.9. The molecule has 3 amide bonds. The van der Waals surface area contributed by atoms with Crippen molar-refractivity contribution in [2.24, 2.45) is 0 Å². The van der Waals surface area contributed by atoms with Crippen LogP contribution in [0.5, 0.6) is 0 Å². The summed E-state index contributed by atoms with van der Waals surface area (Å²) in [5.74, 6) is 0.0101. The maximum Gasteiger partial charge on any atom is 0.325 e. The zero-order valence-corrected chi connectivity index (χ0v) is 21.1. The molecule has 1 aliphatic heterocycles. The first-order chi connectivity index (χ1) is 17.1. The Morgan fingerprint density at radius 1 is 1.03 bits per heavy atom. The molecule has 0 unspecified atom stereocenters. The molecule has 0 saturated carbocycles. The monoisotopic (exact) mass is 508 g/mol. The molecule has 3 aromatic rings. The second-order valence-electron chi connectivity index (χ2n) is 8.80. The Bertz CT molecular complexity index is 1360. The fraction of sp³-hybridized carbons (Fsp3) is 0.280. The minimum atomic E-state index is -3.89. The number of anilines is 3. The summed E-state index contributed by atoms with van der Waals surface area (Å²) in [4.78, 5) is 36.5. The maximum atomic E-state index is 12.8. The van der Waals surface area contributed by atoms with E-state index in [-0.39, 0.29) is 29.3 Å². The van der Waals surface area contributed by atoms with Gasteiger partial charge in [-0.1, -0.05) is 26.0 Å². The minimum Gasteiger partial charge on any atom is -0.325 e. The third-order valence-corrected chi connectivity index (χ3v) is 7.11. The second-order valence-corrected chi connectivity index (χ2v) is 10.5. The van der Waals surface area contributed by atoms with Gasteiger partial charge in [0, 0.05) is 36.4 Å². The number of aromatic nitrogens is 2. The number of carbonyl (C=O) groups excluding carboxylic acids is 2. The Morgan fingerprint density at radius 2 is 1.72 bits per heavy atom. The average Bonchev–Trinajstić information content (AvgIpc) is 3.19. The number of carbonyl (C=O) groups is 2. The van der Waals surface area contributed by atoms with Crippen LogP contribution < -0.4 is 14.9 Å². The molecule has 1 fully saturated rings. The summed E-state index contributed by atoms with van der Waals surface area (Å²) < 4.78 is 27.5. The van der Waals surface area contributed by atoms with E-state index < -0.39 is 10.0 Å². The molecule has 2 heterocycles. The van der Waals surface area contributed by atoms with Crippen LogP contribution in [0.3, 0.4) is 0 Å². The van der Waals surface area contributed by atoms with Crippen molar-refractivity contribution in [2.45, 2.75) is 31.6 Å². The van der Waals surface area contributed by atoms with Gasteiger partial charge in [0.1, 0.15) is 6.54 Å². The molecule has 0 spiro atoms. The van der Waals surface area contributed by atoms with Crippen molar-refractivity contribution in [1.82, 2.24) is 14.9 Å². The lowest BCUT2D eigenvalue weighted by Crippen LogP contribution is -2.37. The predicted octanol–water partition coefficient (Wildman–Crippen LogP) is 3.59. The smallest absolute Gasteiger partial charge is 0.325 e. The largest absolute Gasteiger partial charge is 0.325 e. The molecule has 11 heteroatoms. The Morgan fingerprint density at radius 3 is 2.36 bits per heavy atom. The molecule has 0 atom stereocenters. The van der Waals surface area contributed by atoms with Gasteiger partial charge >= 0.3 is 6.03 Å². The number of hydrogen-bond donors (Lipinski definition) is 2. The van der Waals surface area contributed by atoms with E-state index in [1.54, 1.807) is 17.9 Å². The first-order valence-corrected chi connectivity index (χ1v) is 13.0. The van der Waals surface area contributed by atoms with Gasteiger partial charge in [-0.3, -0.25) is 9.69 Å². The highest BCUT2D eigenvalue weighted by atomic mass is 32.2. The Labute approximate surface area is 210 Å². The lowest BCUT2D eigenvalue weighted by molar-refractivity contribution is -0.116. The second kappa shape index (κ2) is 10.3. The minimum absolute atomic E-state index is 0.000507. The summed E-state index contributed by atoms with van der Waals surface area (Å²) in [6.07, 6.45) is 1.46. The summed E-state index contributed by atoms with van der Waals surface area (Å²) >= 11 is 0. The molecule has 36 heavy (non-hydrogen) atoms. The van der Waals surface area contributed by atoms with Gasteiger partial charge in [0.05, 0.1) is 4.90 Å². The molecule has 2 aromatic carbocycles. The summed E-state index contributed by atoms with van der Waals surface area (Å²) in [5, 5.41) is 2.71. The Kier molecular flexibility index (Phi) is 7.20. The van der Waals surface area contributed by atoms with Gasteiger partial charge in [-0.15, -0.1) is 0 Å². The molecule has 4 rings (SSSR count). The van der Waals surface area contributed by atoms with E-state index in [0.717, 1.165) is 5.69 Å². The van der Waals surface area contributed by atoms with E-state index in [4.69, 9.17) is 0 Å². The van der Waals surface area contributed by atoms with Gasteiger partial charge in [0.25, 0.3) is 10.0 Å². The van der Waals surface area contributed by atoms with Crippen LogP contribution >= 0.6 is 0 Å². The van der Waals surface area contributed by atoms with Gasteiger partial charge < -0.3 is 10.2 Å². The molecule has 188 valence electrons. The lowest BCUT2D eigenvalue weighted by Gasteiger charge is -2.19. The lowest BCUT2D eigenvalue weighted by atomic mass is 10.0. The van der Waals surface area contributed by atoms with Crippen molar-refractivity contribution < 1.29 is 18.0 Å². The average molecular weight is 509 g/mol. The molecule has 10 nitrogen and oxygen atoms in total. The molecule has 0 aliphatic carbocycles. The predicted molar refractivity (Wildman–Crippen MR) is 137 cm³/mol. The van der Waals surface area contributed by atoms with Crippen LogP contribution in [0.25, 0.3) is 0 Å². The van der Waals surface area contributed by atoms with Crippen LogP contribution in [0.15, 0.2) is 65.7 Å². The van der Waals surface area contributed by atoms with Crippen LogP contribution in [-0.4, -0.2) is 54.9 Å². The first-order valence-electron chi connectivity index (χ1n) is 11.5. The van der Waals surface area contributed by atoms with Crippen LogP contribution in [0.1, 0.15) is 31.0 Å². The topological polar surface area (TPSA) is 125 Å². The summed E-state index contributed by atoms with van der Waals surface area (Å²) in [5.41, 5.74) is 3.04. The third-order valence-electron chi connectivity index (χ3n) is 5.77. The number of amides is 3. The maximum absolute atomic E-state index is 12.8. The van der Waals surface area contributed by atoms with Gasteiger partial charge in [0.2, 0.25) is 11.9 Å². The molecule has 1 aliphatic rings. The van der Waals surface area contributed by atoms with Crippen molar-refractivity contribution in [1.29, 1.82) is 0 Å². The van der Waals surface area contributed by atoms with Gasteiger partial charge in [-0.2, -0.15) is 0 Å². The highest BCUT2D eigenvalue weighted by molar-refractivity contribution is 7.92. The van der Waals surface area contributed by atoms with Crippen molar-refractivity contribution in [3.8, 4) is 0 Å². The highest BCUT2D eigenvalue weighted by Gasteiger charge is 2.31.